The van der Waals surface area contributed by atoms with E-state index in [-0.39, 0.29) is 17.2 Å². The second-order valence-electron chi connectivity index (χ2n) is 6.79. The van der Waals surface area contributed by atoms with Crippen molar-refractivity contribution in [3.05, 3.63) is 92.3 Å². The van der Waals surface area contributed by atoms with Crippen LogP contribution in [0.3, 0.4) is 0 Å². The van der Waals surface area contributed by atoms with Crippen molar-refractivity contribution in [3.63, 3.8) is 0 Å². The molecule has 1 heterocycles. The summed E-state index contributed by atoms with van der Waals surface area (Å²) < 4.78 is 2.65. The number of carbonyl (C=O) groups excluding carboxylic acids is 1. The molecule has 0 saturated carbocycles. The lowest BCUT2D eigenvalue weighted by Gasteiger charge is -2.15. The molecule has 3 rings (SSSR count). The van der Waals surface area contributed by atoms with E-state index in [1.807, 2.05) is 49.4 Å². The average molecular weight is 440 g/mol. The van der Waals surface area contributed by atoms with Crippen LogP contribution in [-0.4, -0.2) is 21.7 Å². The highest BCUT2D eigenvalue weighted by Gasteiger charge is 2.17. The highest BCUT2D eigenvalue weighted by Crippen LogP contribution is 2.13. The quantitative estimate of drug-likeness (QED) is 0.629. The molecule has 0 fully saturated rings. The minimum Gasteiger partial charge on any atom is -0.348 e. The number of hydrogen-bond acceptors (Lipinski definition) is 3. The van der Waals surface area contributed by atoms with Crippen LogP contribution in [0.1, 0.15) is 35.1 Å². The van der Waals surface area contributed by atoms with Crippen LogP contribution in [0.2, 0.25) is 0 Å². The summed E-state index contributed by atoms with van der Waals surface area (Å²) >= 11 is 3.42. The third-order valence-electron chi connectivity index (χ3n) is 4.48. The van der Waals surface area contributed by atoms with Crippen LogP contribution in [0.15, 0.2) is 69.9 Å². The second kappa shape index (κ2) is 8.97. The van der Waals surface area contributed by atoms with E-state index < -0.39 is 5.91 Å². The average Bonchev–Trinajstić information content (AvgIpc) is 2.68. The fourth-order valence-corrected chi connectivity index (χ4v) is 3.20. The summed E-state index contributed by atoms with van der Waals surface area (Å²) in [6.07, 6.45) is 1.61. The summed E-state index contributed by atoms with van der Waals surface area (Å²) in [5.41, 5.74) is 2.21. The van der Waals surface area contributed by atoms with Crippen LogP contribution in [0, 0.1) is 6.92 Å². The van der Waals surface area contributed by atoms with Gasteiger partial charge in [-0.25, -0.2) is 4.68 Å². The summed E-state index contributed by atoms with van der Waals surface area (Å²) in [6.45, 7) is 3.73. The first-order chi connectivity index (χ1) is 13.4. The maximum Gasteiger partial charge on any atom is 0.276 e. The van der Waals surface area contributed by atoms with Gasteiger partial charge in [0.05, 0.1) is 5.69 Å². The van der Waals surface area contributed by atoms with Crippen LogP contribution in [0.5, 0.6) is 0 Å². The van der Waals surface area contributed by atoms with E-state index in [0.717, 1.165) is 23.0 Å². The third kappa shape index (κ3) is 4.95. The van der Waals surface area contributed by atoms with Gasteiger partial charge in [0.25, 0.3) is 5.91 Å². The van der Waals surface area contributed by atoms with Crippen LogP contribution in [0.25, 0.3) is 5.69 Å². The van der Waals surface area contributed by atoms with Gasteiger partial charge in [0.2, 0.25) is 5.43 Å². The molecule has 6 heteroatoms. The van der Waals surface area contributed by atoms with E-state index in [4.69, 9.17) is 0 Å². The number of nitrogens with one attached hydrogen (secondary N) is 1. The topological polar surface area (TPSA) is 64.0 Å². The summed E-state index contributed by atoms with van der Waals surface area (Å²) in [4.78, 5) is 25.0. The molecule has 1 amide bonds. The Morgan fingerprint density at radius 1 is 1.14 bits per heavy atom. The Bertz CT molecular complexity index is 1010. The van der Waals surface area contributed by atoms with E-state index in [1.54, 1.807) is 11.6 Å². The number of benzene rings is 2. The van der Waals surface area contributed by atoms with Crippen molar-refractivity contribution in [1.29, 1.82) is 0 Å². The predicted molar refractivity (Wildman–Crippen MR) is 114 cm³/mol. The Kier molecular flexibility index (Phi) is 6.41. The van der Waals surface area contributed by atoms with Crippen molar-refractivity contribution >= 4 is 21.8 Å². The number of amides is 1. The van der Waals surface area contributed by atoms with Crippen molar-refractivity contribution in [2.24, 2.45) is 0 Å². The van der Waals surface area contributed by atoms with Gasteiger partial charge in [-0.15, -0.1) is 0 Å². The number of halogens is 1. The van der Waals surface area contributed by atoms with Gasteiger partial charge in [0.1, 0.15) is 0 Å². The number of carbonyl (C=O) groups is 1. The van der Waals surface area contributed by atoms with Gasteiger partial charge in [-0.3, -0.25) is 9.59 Å². The molecule has 0 radical (unpaired) electrons. The zero-order valence-corrected chi connectivity index (χ0v) is 17.4. The molecule has 28 heavy (non-hydrogen) atoms. The Hall–Kier alpha value is -2.73. The summed E-state index contributed by atoms with van der Waals surface area (Å²) in [7, 11) is 0. The molecule has 0 spiro atoms. The van der Waals surface area contributed by atoms with Crippen molar-refractivity contribution in [2.45, 2.75) is 32.7 Å². The predicted octanol–water partition coefficient (Wildman–Crippen LogP) is 4.05. The van der Waals surface area contributed by atoms with Gasteiger partial charge in [0.15, 0.2) is 5.69 Å². The van der Waals surface area contributed by atoms with Gasteiger partial charge in [0, 0.05) is 22.3 Å². The molecule has 0 bridgehead atoms. The molecule has 3 aromatic rings. The largest absolute Gasteiger partial charge is 0.348 e. The molecule has 1 aromatic heterocycles. The summed E-state index contributed by atoms with van der Waals surface area (Å²) in [6, 6.07) is 18.9. The fraction of sp³-hybridized carbons (Fsp3) is 0.227. The maximum atomic E-state index is 12.6. The number of hydrogen-bond donors (Lipinski definition) is 1. The molecule has 2 aromatic carbocycles. The smallest absolute Gasteiger partial charge is 0.276 e. The van der Waals surface area contributed by atoms with Crippen LogP contribution in [0.4, 0.5) is 0 Å². The van der Waals surface area contributed by atoms with E-state index >= 15 is 0 Å². The highest BCUT2D eigenvalue weighted by molar-refractivity contribution is 9.10. The molecule has 1 atom stereocenters. The van der Waals surface area contributed by atoms with Crippen LogP contribution >= 0.6 is 15.9 Å². The van der Waals surface area contributed by atoms with Gasteiger partial charge in [-0.2, -0.15) is 5.10 Å². The van der Waals surface area contributed by atoms with Crippen molar-refractivity contribution < 1.29 is 4.79 Å². The molecule has 5 nitrogen and oxygen atoms in total. The van der Waals surface area contributed by atoms with Gasteiger partial charge in [-0.1, -0.05) is 46.3 Å². The molecule has 0 aliphatic rings. The molecule has 1 N–H and O–H groups in total. The number of aryl methyl sites for hydroxylation is 2. The zero-order chi connectivity index (χ0) is 20.1. The number of nitrogens with zero attached hydrogens (tertiary/aromatic N) is 2. The SMILES string of the molecule is Cc1cc(=O)c(C(=O)NC(C)CCc2ccc(Br)cc2)nn1-c1ccccc1. The van der Waals surface area contributed by atoms with Gasteiger partial charge < -0.3 is 5.32 Å². The van der Waals surface area contributed by atoms with Crippen molar-refractivity contribution in [2.75, 3.05) is 0 Å². The lowest BCUT2D eigenvalue weighted by molar-refractivity contribution is 0.0930. The Morgan fingerprint density at radius 3 is 2.50 bits per heavy atom. The molecule has 1 unspecified atom stereocenters. The van der Waals surface area contributed by atoms with E-state index in [0.29, 0.717) is 5.69 Å². The summed E-state index contributed by atoms with van der Waals surface area (Å²) in [5, 5.41) is 7.20. The number of aromatic nitrogens is 2. The van der Waals surface area contributed by atoms with Gasteiger partial charge in [-0.05, 0) is 56.5 Å². The molecular weight excluding hydrogens is 418 g/mol. The molecule has 0 aliphatic carbocycles. The standard InChI is InChI=1S/C22H22BrN3O2/c1-15(8-9-17-10-12-18(23)13-11-17)24-22(28)21-20(27)14-16(2)26(25-21)19-6-4-3-5-7-19/h3-7,10-15H,8-9H2,1-2H3,(H,24,28). The monoisotopic (exact) mass is 439 g/mol. The first-order valence-corrected chi connectivity index (χ1v) is 9.95. The van der Waals surface area contributed by atoms with E-state index in [1.165, 1.54) is 11.6 Å². The fourth-order valence-electron chi connectivity index (χ4n) is 2.93. The van der Waals surface area contributed by atoms with Crippen LogP contribution < -0.4 is 10.7 Å². The number of rotatable bonds is 6. The van der Waals surface area contributed by atoms with Crippen LogP contribution in [-0.2, 0) is 6.42 Å². The Morgan fingerprint density at radius 2 is 1.82 bits per heavy atom. The zero-order valence-electron chi connectivity index (χ0n) is 15.9. The van der Waals surface area contributed by atoms with E-state index in [2.05, 4.69) is 38.5 Å². The third-order valence-corrected chi connectivity index (χ3v) is 5.01. The molecule has 0 saturated heterocycles. The Labute approximate surface area is 172 Å². The minimum atomic E-state index is -0.446. The van der Waals surface area contributed by atoms with Gasteiger partial charge >= 0.3 is 0 Å². The molecule has 0 aliphatic heterocycles. The van der Waals surface area contributed by atoms with E-state index in [9.17, 15) is 9.59 Å². The minimum absolute atomic E-state index is 0.0798. The molecule has 144 valence electrons. The normalized spacial score (nSPS) is 11.8. The summed E-state index contributed by atoms with van der Waals surface area (Å²) in [5.74, 6) is -0.446. The highest BCUT2D eigenvalue weighted by atomic mass is 79.9. The lowest BCUT2D eigenvalue weighted by atomic mass is 10.1. The lowest BCUT2D eigenvalue weighted by Crippen LogP contribution is -2.37. The van der Waals surface area contributed by atoms with Crippen molar-refractivity contribution in [1.82, 2.24) is 15.1 Å². The maximum absolute atomic E-state index is 12.6. The second-order valence-corrected chi connectivity index (χ2v) is 7.70. The number of para-hydroxylation sites is 1. The Balaban J connectivity index is 1.71. The first-order valence-electron chi connectivity index (χ1n) is 9.16. The molecular formula is C22H22BrN3O2. The first kappa shape index (κ1) is 20.0. The van der Waals surface area contributed by atoms with Crippen molar-refractivity contribution in [3.8, 4) is 5.69 Å².